The van der Waals surface area contributed by atoms with E-state index in [4.69, 9.17) is 0 Å². The van der Waals surface area contributed by atoms with E-state index in [2.05, 4.69) is 0 Å². The van der Waals surface area contributed by atoms with E-state index in [9.17, 15) is 30.7 Å². The molecule has 2 rings (SSSR count). The Morgan fingerprint density at radius 2 is 1.37 bits per heavy atom. The Kier molecular flexibility index (Phi) is 3.15. The summed E-state index contributed by atoms with van der Waals surface area (Å²) in [5.41, 5.74) is -3.88. The highest BCUT2D eigenvalue weighted by Crippen LogP contribution is 2.39. The van der Waals surface area contributed by atoms with E-state index in [1.165, 1.54) is 18.2 Å². The van der Waals surface area contributed by atoms with Gasteiger partial charge in [-0.1, -0.05) is 18.2 Å². The molecule has 0 amide bonds. The number of halogens is 7. The molecular weight excluding hydrogens is 277 g/mol. The summed E-state index contributed by atoms with van der Waals surface area (Å²) in [5.74, 6) is -8.99. The molecule has 0 radical (unpaired) electrons. The quantitative estimate of drug-likeness (QED) is 0.521. The standard InChI is InChI=1S/C12H5F7/c13-8-6(5-3-1-2-4-5)9(14)11(16)7(10(8)15)12(17,18)19/h1,3-4H,2H2. The van der Waals surface area contributed by atoms with Crippen molar-refractivity contribution in [1.29, 1.82) is 0 Å². The van der Waals surface area contributed by atoms with Crippen LogP contribution in [0, 0.1) is 23.3 Å². The Morgan fingerprint density at radius 1 is 0.842 bits per heavy atom. The van der Waals surface area contributed by atoms with Gasteiger partial charge in [0.15, 0.2) is 23.3 Å². The second-order valence-electron chi connectivity index (χ2n) is 3.80. The van der Waals surface area contributed by atoms with E-state index >= 15 is 0 Å². The molecular formula is C12H5F7. The van der Waals surface area contributed by atoms with Crippen molar-refractivity contribution in [2.75, 3.05) is 0 Å². The summed E-state index contributed by atoms with van der Waals surface area (Å²) in [5, 5.41) is 0. The molecule has 1 aliphatic carbocycles. The van der Waals surface area contributed by atoms with Gasteiger partial charge >= 0.3 is 6.18 Å². The van der Waals surface area contributed by atoms with Crippen molar-refractivity contribution in [3.63, 3.8) is 0 Å². The number of hydrogen-bond donors (Lipinski definition) is 0. The smallest absolute Gasteiger partial charge is 0.203 e. The molecule has 0 nitrogen and oxygen atoms in total. The molecule has 1 aliphatic rings. The summed E-state index contributed by atoms with van der Waals surface area (Å²) >= 11 is 0. The number of benzene rings is 1. The summed E-state index contributed by atoms with van der Waals surface area (Å²) in [6, 6.07) is 0. The molecule has 102 valence electrons. The van der Waals surface area contributed by atoms with Crippen LogP contribution in [0.25, 0.3) is 5.57 Å². The van der Waals surface area contributed by atoms with E-state index in [1.54, 1.807) is 0 Å². The van der Waals surface area contributed by atoms with Gasteiger partial charge in [-0.15, -0.1) is 0 Å². The van der Waals surface area contributed by atoms with Gasteiger partial charge in [0, 0.05) is 0 Å². The second-order valence-corrected chi connectivity index (χ2v) is 3.80. The minimum Gasteiger partial charge on any atom is -0.203 e. The summed E-state index contributed by atoms with van der Waals surface area (Å²) in [4.78, 5) is 0. The molecule has 0 saturated heterocycles. The van der Waals surface area contributed by atoms with Crippen LogP contribution >= 0.6 is 0 Å². The maximum Gasteiger partial charge on any atom is 0.422 e. The van der Waals surface area contributed by atoms with Crippen LogP contribution in [-0.4, -0.2) is 0 Å². The lowest BCUT2D eigenvalue weighted by Gasteiger charge is -2.14. The van der Waals surface area contributed by atoms with Crippen LogP contribution in [0.1, 0.15) is 17.5 Å². The molecule has 0 aromatic heterocycles. The van der Waals surface area contributed by atoms with Gasteiger partial charge < -0.3 is 0 Å². The van der Waals surface area contributed by atoms with Crippen molar-refractivity contribution in [2.24, 2.45) is 0 Å². The number of allylic oxidation sites excluding steroid dienone is 4. The highest BCUT2D eigenvalue weighted by molar-refractivity contribution is 5.77. The van der Waals surface area contributed by atoms with E-state index in [1.807, 2.05) is 0 Å². The van der Waals surface area contributed by atoms with Gasteiger partial charge in [0.1, 0.15) is 5.56 Å². The van der Waals surface area contributed by atoms with E-state index in [0.717, 1.165) is 0 Å². The van der Waals surface area contributed by atoms with Gasteiger partial charge in [-0.2, -0.15) is 13.2 Å². The molecule has 0 unspecified atom stereocenters. The number of alkyl halides is 3. The van der Waals surface area contributed by atoms with Crippen molar-refractivity contribution in [1.82, 2.24) is 0 Å². The van der Waals surface area contributed by atoms with Crippen molar-refractivity contribution < 1.29 is 30.7 Å². The maximum atomic E-state index is 13.5. The van der Waals surface area contributed by atoms with Crippen LogP contribution in [0.4, 0.5) is 30.7 Å². The Labute approximate surface area is 102 Å². The normalized spacial score (nSPS) is 15.0. The Morgan fingerprint density at radius 3 is 1.74 bits per heavy atom. The number of rotatable bonds is 1. The van der Waals surface area contributed by atoms with Crippen LogP contribution in [-0.2, 0) is 6.18 Å². The van der Waals surface area contributed by atoms with Crippen LogP contribution in [0.5, 0.6) is 0 Å². The van der Waals surface area contributed by atoms with Crippen LogP contribution in [0.3, 0.4) is 0 Å². The summed E-state index contributed by atoms with van der Waals surface area (Å²) in [6.45, 7) is 0. The third-order valence-corrected chi connectivity index (χ3v) is 2.61. The van der Waals surface area contributed by atoms with E-state index < -0.39 is 40.6 Å². The zero-order valence-corrected chi connectivity index (χ0v) is 9.08. The average Bonchev–Trinajstić information content (AvgIpc) is 2.79. The zero-order valence-electron chi connectivity index (χ0n) is 9.08. The van der Waals surface area contributed by atoms with Crippen LogP contribution in [0.15, 0.2) is 18.2 Å². The van der Waals surface area contributed by atoms with Crippen molar-refractivity contribution >= 4 is 5.57 Å². The lowest BCUT2D eigenvalue weighted by Crippen LogP contribution is -2.16. The van der Waals surface area contributed by atoms with Crippen molar-refractivity contribution in [3.05, 3.63) is 52.6 Å². The molecule has 19 heavy (non-hydrogen) atoms. The van der Waals surface area contributed by atoms with Gasteiger partial charge in [-0.3, -0.25) is 0 Å². The highest BCUT2D eigenvalue weighted by Gasteiger charge is 2.42. The Balaban J connectivity index is 2.78. The zero-order chi connectivity index (χ0) is 14.4. The van der Waals surface area contributed by atoms with Gasteiger partial charge in [0.05, 0.1) is 5.56 Å². The van der Waals surface area contributed by atoms with Gasteiger partial charge in [0.25, 0.3) is 0 Å². The fraction of sp³-hybridized carbons (Fsp3) is 0.167. The number of hydrogen-bond acceptors (Lipinski definition) is 0. The van der Waals surface area contributed by atoms with Crippen LogP contribution in [0.2, 0.25) is 0 Å². The first-order valence-electron chi connectivity index (χ1n) is 5.05. The van der Waals surface area contributed by atoms with E-state index in [-0.39, 0.29) is 12.0 Å². The molecule has 0 spiro atoms. The molecule has 1 aromatic carbocycles. The average molecular weight is 282 g/mol. The van der Waals surface area contributed by atoms with Crippen molar-refractivity contribution in [3.8, 4) is 0 Å². The van der Waals surface area contributed by atoms with E-state index in [0.29, 0.717) is 0 Å². The fourth-order valence-electron chi connectivity index (χ4n) is 1.78. The highest BCUT2D eigenvalue weighted by atomic mass is 19.4. The van der Waals surface area contributed by atoms with Gasteiger partial charge in [0.2, 0.25) is 0 Å². The molecule has 0 saturated carbocycles. The fourth-order valence-corrected chi connectivity index (χ4v) is 1.78. The Hall–Kier alpha value is -1.79. The summed E-state index contributed by atoms with van der Waals surface area (Å²) in [7, 11) is 0. The SMILES string of the molecule is Fc1c(F)c(C(F)(F)F)c(F)c(F)c1C1=CCC=C1. The summed E-state index contributed by atoms with van der Waals surface area (Å²) < 4.78 is 90.7. The summed E-state index contributed by atoms with van der Waals surface area (Å²) in [6.07, 6.45) is -1.38. The second kappa shape index (κ2) is 4.40. The molecule has 0 N–H and O–H groups in total. The molecule has 0 fully saturated rings. The molecule has 7 heteroatoms. The molecule has 0 heterocycles. The van der Waals surface area contributed by atoms with Gasteiger partial charge in [-0.25, -0.2) is 17.6 Å². The third kappa shape index (κ3) is 2.13. The lowest BCUT2D eigenvalue weighted by molar-refractivity contribution is -0.143. The largest absolute Gasteiger partial charge is 0.422 e. The Bertz CT molecular complexity index is 564. The van der Waals surface area contributed by atoms with Crippen molar-refractivity contribution in [2.45, 2.75) is 12.6 Å². The molecule has 0 bridgehead atoms. The predicted molar refractivity (Wildman–Crippen MR) is 53.0 cm³/mol. The lowest BCUT2D eigenvalue weighted by atomic mass is 10.0. The first-order chi connectivity index (χ1) is 8.75. The predicted octanol–water partition coefficient (Wildman–Crippen LogP) is 4.61. The minimum atomic E-state index is -5.52. The minimum absolute atomic E-state index is 0.193. The monoisotopic (exact) mass is 282 g/mol. The van der Waals surface area contributed by atoms with Gasteiger partial charge in [-0.05, 0) is 12.0 Å². The maximum absolute atomic E-state index is 13.5. The third-order valence-electron chi connectivity index (χ3n) is 2.61. The molecule has 0 atom stereocenters. The molecule has 0 aliphatic heterocycles. The molecule has 1 aromatic rings. The van der Waals surface area contributed by atoms with Crippen LogP contribution < -0.4 is 0 Å². The first-order valence-corrected chi connectivity index (χ1v) is 5.05. The first kappa shape index (κ1) is 13.6. The topological polar surface area (TPSA) is 0 Å².